The van der Waals surface area contributed by atoms with E-state index in [1.807, 2.05) is 0 Å². The van der Waals surface area contributed by atoms with Gasteiger partial charge in [0, 0.05) is 11.9 Å². The summed E-state index contributed by atoms with van der Waals surface area (Å²) in [6.45, 7) is 8.84. The second-order valence-electron chi connectivity index (χ2n) is 7.44. The zero-order valence-electron chi connectivity index (χ0n) is 17.0. The molecule has 0 unspecified atom stereocenters. The Labute approximate surface area is 192 Å². The number of carbonyl (C=O) groups excluding carboxylic acids is 2. The molecule has 0 aliphatic carbocycles. The van der Waals surface area contributed by atoms with Crippen molar-refractivity contribution in [3.8, 4) is 0 Å². The van der Waals surface area contributed by atoms with E-state index in [4.69, 9.17) is 0 Å². The molecule has 0 aromatic rings. The summed E-state index contributed by atoms with van der Waals surface area (Å²) >= 11 is 0. The molecular formula is C20H38O4Sr. The number of hydrogen-bond acceptors (Lipinski definition) is 4. The summed E-state index contributed by atoms with van der Waals surface area (Å²) < 4.78 is 0. The summed E-state index contributed by atoms with van der Waals surface area (Å²) in [6, 6.07) is 0. The Morgan fingerprint density at radius 3 is 1.12 bits per heavy atom. The first kappa shape index (κ1) is 30.2. The number of carboxylic acids is 2. The Morgan fingerprint density at radius 1 is 0.600 bits per heavy atom. The number of aliphatic carboxylic acids is 2. The van der Waals surface area contributed by atoms with E-state index in [2.05, 4.69) is 27.7 Å². The maximum atomic E-state index is 10.0. The maximum absolute atomic E-state index is 10.0. The van der Waals surface area contributed by atoms with Crippen molar-refractivity contribution >= 4 is 57.4 Å². The molecule has 25 heavy (non-hydrogen) atoms. The Morgan fingerprint density at radius 2 is 0.880 bits per heavy atom. The Balaban J connectivity index is -0.000000372. The van der Waals surface area contributed by atoms with Crippen molar-refractivity contribution in [1.82, 2.24) is 0 Å². The molecule has 0 saturated carbocycles. The number of hydrogen-bond donors (Lipinski definition) is 0. The van der Waals surface area contributed by atoms with Gasteiger partial charge in [-0.25, -0.2) is 0 Å². The molecule has 0 bridgehead atoms. The first-order valence-corrected chi connectivity index (χ1v) is 9.65. The van der Waals surface area contributed by atoms with Crippen LogP contribution in [0.25, 0.3) is 0 Å². The average molecular weight is 430 g/mol. The molecular weight excluding hydrogens is 392 g/mol. The fourth-order valence-electron chi connectivity index (χ4n) is 2.35. The van der Waals surface area contributed by atoms with Crippen molar-refractivity contribution < 1.29 is 19.8 Å². The standard InChI is InChI=1S/2C10H20O2.Sr/c2*1-9(2)7-5-3-4-6-8-10(11)12;/h2*9H,3-8H2,1-2H3,(H,11,12);/q;;+2/p-2. The zero-order valence-corrected chi connectivity index (χ0v) is 20.5. The van der Waals surface area contributed by atoms with E-state index < -0.39 is 11.9 Å². The van der Waals surface area contributed by atoms with E-state index in [1.54, 1.807) is 0 Å². The molecule has 144 valence electrons. The molecule has 0 spiro atoms. The van der Waals surface area contributed by atoms with Crippen molar-refractivity contribution in [1.29, 1.82) is 0 Å². The van der Waals surface area contributed by atoms with Crippen LogP contribution in [0.1, 0.15) is 105 Å². The smallest absolute Gasteiger partial charge is 0.550 e. The van der Waals surface area contributed by atoms with E-state index in [9.17, 15) is 19.8 Å². The molecule has 0 N–H and O–H groups in total. The summed E-state index contributed by atoms with van der Waals surface area (Å²) in [7, 11) is 0. The molecule has 0 aliphatic heterocycles. The van der Waals surface area contributed by atoms with Gasteiger partial charge < -0.3 is 19.8 Å². The Hall–Kier alpha value is 0.421. The van der Waals surface area contributed by atoms with Crippen molar-refractivity contribution in [3.63, 3.8) is 0 Å². The molecule has 0 aliphatic rings. The summed E-state index contributed by atoms with van der Waals surface area (Å²) in [4.78, 5) is 20.1. The van der Waals surface area contributed by atoms with Gasteiger partial charge in [0.15, 0.2) is 0 Å². The van der Waals surface area contributed by atoms with Crippen molar-refractivity contribution in [2.45, 2.75) is 105 Å². The van der Waals surface area contributed by atoms with E-state index in [0.29, 0.717) is 0 Å². The topological polar surface area (TPSA) is 80.3 Å². The first-order valence-electron chi connectivity index (χ1n) is 9.65. The molecule has 0 aromatic heterocycles. The van der Waals surface area contributed by atoms with Gasteiger partial charge in [-0.1, -0.05) is 79.1 Å². The first-order chi connectivity index (χ1) is 11.3. The number of carboxylic acid groups (broad SMARTS) is 2. The molecule has 5 heteroatoms. The zero-order chi connectivity index (χ0) is 18.8. The minimum Gasteiger partial charge on any atom is -0.550 e. The minimum absolute atomic E-state index is 0. The predicted molar refractivity (Wildman–Crippen MR) is 101 cm³/mol. The van der Waals surface area contributed by atoms with Crippen LogP contribution in [-0.4, -0.2) is 57.4 Å². The average Bonchev–Trinajstić information content (AvgIpc) is 2.46. The third-order valence-electron chi connectivity index (χ3n) is 3.82. The predicted octanol–water partition coefficient (Wildman–Crippen LogP) is 3.09. The van der Waals surface area contributed by atoms with Crippen LogP contribution in [0.15, 0.2) is 0 Å². The Kier molecular flexibility index (Phi) is 27.1. The molecule has 0 atom stereocenters. The van der Waals surface area contributed by atoms with Gasteiger partial charge in [0.2, 0.25) is 0 Å². The van der Waals surface area contributed by atoms with Crippen molar-refractivity contribution in [2.24, 2.45) is 11.8 Å². The van der Waals surface area contributed by atoms with Crippen LogP contribution < -0.4 is 10.2 Å². The Bertz CT molecular complexity index is 274. The molecule has 0 aromatic carbocycles. The summed E-state index contributed by atoms with van der Waals surface area (Å²) in [5, 5.41) is 20.1. The van der Waals surface area contributed by atoms with Crippen LogP contribution in [0.4, 0.5) is 0 Å². The van der Waals surface area contributed by atoms with Gasteiger partial charge in [0.25, 0.3) is 0 Å². The second-order valence-corrected chi connectivity index (χ2v) is 7.44. The second kappa shape index (κ2) is 22.5. The molecule has 0 fully saturated rings. The van der Waals surface area contributed by atoms with Crippen LogP contribution in [0, 0.1) is 11.8 Å². The fraction of sp³-hybridized carbons (Fsp3) is 0.900. The van der Waals surface area contributed by atoms with E-state index >= 15 is 0 Å². The third kappa shape index (κ3) is 36.2. The normalized spacial score (nSPS) is 10.2. The van der Waals surface area contributed by atoms with E-state index in [1.165, 1.54) is 25.7 Å². The van der Waals surface area contributed by atoms with Crippen LogP contribution in [-0.2, 0) is 9.59 Å². The summed E-state index contributed by atoms with van der Waals surface area (Å²) in [5.41, 5.74) is 0. The van der Waals surface area contributed by atoms with E-state index in [0.717, 1.165) is 50.4 Å². The van der Waals surface area contributed by atoms with Gasteiger partial charge in [-0.15, -0.1) is 0 Å². The van der Waals surface area contributed by atoms with Crippen molar-refractivity contribution in [3.05, 3.63) is 0 Å². The minimum atomic E-state index is -0.918. The van der Waals surface area contributed by atoms with Gasteiger partial charge in [0.1, 0.15) is 0 Å². The van der Waals surface area contributed by atoms with Gasteiger partial charge >= 0.3 is 45.5 Å². The molecule has 0 saturated heterocycles. The van der Waals surface area contributed by atoms with Crippen molar-refractivity contribution in [2.75, 3.05) is 0 Å². The summed E-state index contributed by atoms with van der Waals surface area (Å²) in [6.07, 6.45) is 11.3. The number of rotatable bonds is 14. The molecule has 0 radical (unpaired) electrons. The molecule has 0 heterocycles. The third-order valence-corrected chi connectivity index (χ3v) is 3.82. The van der Waals surface area contributed by atoms with Gasteiger partial charge in [0.05, 0.1) is 0 Å². The van der Waals surface area contributed by atoms with Gasteiger partial charge in [-0.05, 0) is 37.5 Å². The van der Waals surface area contributed by atoms with E-state index in [-0.39, 0.29) is 58.3 Å². The maximum Gasteiger partial charge on any atom is 2.00 e. The van der Waals surface area contributed by atoms with Gasteiger partial charge in [-0.3, -0.25) is 0 Å². The van der Waals surface area contributed by atoms with Crippen LogP contribution >= 0.6 is 0 Å². The number of unbranched alkanes of at least 4 members (excludes halogenated alkanes) is 6. The largest absolute Gasteiger partial charge is 2.00 e. The quantitative estimate of drug-likeness (QED) is 0.314. The fourth-order valence-corrected chi connectivity index (χ4v) is 2.35. The van der Waals surface area contributed by atoms with Crippen LogP contribution in [0.3, 0.4) is 0 Å². The van der Waals surface area contributed by atoms with Crippen LogP contribution in [0.2, 0.25) is 0 Å². The molecule has 0 amide bonds. The number of carbonyl (C=O) groups is 2. The molecule has 0 rings (SSSR count). The SMILES string of the molecule is CC(C)CCCCCCC(=O)[O-].CC(C)CCCCCCC(=O)[O-].[Sr+2]. The van der Waals surface area contributed by atoms with Crippen LogP contribution in [0.5, 0.6) is 0 Å². The van der Waals surface area contributed by atoms with Gasteiger partial charge in [-0.2, -0.15) is 0 Å². The molecule has 4 nitrogen and oxygen atoms in total. The monoisotopic (exact) mass is 430 g/mol. The summed E-state index contributed by atoms with van der Waals surface area (Å²) in [5.74, 6) is -0.296.